The number of anilines is 1. The van der Waals surface area contributed by atoms with Crippen LogP contribution in [-0.4, -0.2) is 32.8 Å². The van der Waals surface area contributed by atoms with Crippen LogP contribution in [0.15, 0.2) is 53.3 Å². The summed E-state index contributed by atoms with van der Waals surface area (Å²) in [6, 6.07) is 8.87. The summed E-state index contributed by atoms with van der Waals surface area (Å²) in [7, 11) is 1.57. The minimum absolute atomic E-state index is 0.291. The maximum Gasteiger partial charge on any atom is 0.249 e. The van der Waals surface area contributed by atoms with Crippen molar-refractivity contribution in [1.82, 2.24) is 19.8 Å². The van der Waals surface area contributed by atoms with Crippen molar-refractivity contribution in [2.75, 3.05) is 12.4 Å². The molecule has 0 unspecified atom stereocenters. The second kappa shape index (κ2) is 8.70. The second-order valence-electron chi connectivity index (χ2n) is 6.76. The van der Waals surface area contributed by atoms with Crippen LogP contribution in [0.1, 0.15) is 22.6 Å². The quantitative estimate of drug-likeness (QED) is 0.457. The summed E-state index contributed by atoms with van der Waals surface area (Å²) in [5.74, 6) is 2.11. The molecule has 9 nitrogen and oxygen atoms in total. The molecule has 1 amide bonds. The lowest BCUT2D eigenvalue weighted by Crippen LogP contribution is -2.11. The van der Waals surface area contributed by atoms with Crippen molar-refractivity contribution in [3.05, 3.63) is 71.4 Å². The van der Waals surface area contributed by atoms with Crippen molar-refractivity contribution in [2.24, 2.45) is 0 Å². The van der Waals surface area contributed by atoms with E-state index in [4.69, 9.17) is 14.0 Å². The minimum Gasteiger partial charge on any atom is -0.493 e. The minimum atomic E-state index is -0.291. The van der Waals surface area contributed by atoms with Gasteiger partial charge in [-0.2, -0.15) is 9.61 Å². The van der Waals surface area contributed by atoms with Crippen LogP contribution in [0.25, 0.3) is 11.7 Å². The summed E-state index contributed by atoms with van der Waals surface area (Å²) in [5.41, 5.74) is 3.14. The molecule has 0 spiro atoms. The largest absolute Gasteiger partial charge is 0.493 e. The molecule has 0 aliphatic rings. The van der Waals surface area contributed by atoms with E-state index in [2.05, 4.69) is 20.6 Å². The molecule has 0 fully saturated rings. The Morgan fingerprint density at radius 1 is 1.19 bits per heavy atom. The molecule has 4 rings (SSSR count). The first-order valence-electron chi connectivity index (χ1n) is 9.55. The van der Waals surface area contributed by atoms with E-state index in [1.54, 1.807) is 54.4 Å². The number of aromatic nitrogens is 4. The van der Waals surface area contributed by atoms with Crippen LogP contribution in [0.2, 0.25) is 0 Å². The number of hydrogen-bond acceptors (Lipinski definition) is 7. The molecule has 0 aliphatic heterocycles. The fraction of sp³-hybridized carbons (Fsp3) is 0.182. The molecule has 3 heterocycles. The molecule has 0 saturated heterocycles. The van der Waals surface area contributed by atoms with Crippen molar-refractivity contribution in [1.29, 1.82) is 0 Å². The predicted octanol–water partition coefficient (Wildman–Crippen LogP) is 3.57. The highest BCUT2D eigenvalue weighted by Crippen LogP contribution is 2.30. The zero-order valence-electron chi connectivity index (χ0n) is 17.3. The predicted molar refractivity (Wildman–Crippen MR) is 114 cm³/mol. The topological polar surface area (TPSA) is 104 Å². The third kappa shape index (κ3) is 4.40. The number of carbonyl (C=O) groups is 1. The number of carbonyl (C=O) groups excluding carboxylic acids is 1. The summed E-state index contributed by atoms with van der Waals surface area (Å²) in [5, 5.41) is 10.9. The lowest BCUT2D eigenvalue weighted by molar-refractivity contribution is -0.111. The van der Waals surface area contributed by atoms with E-state index in [0.717, 1.165) is 22.6 Å². The van der Waals surface area contributed by atoms with Crippen LogP contribution >= 0.6 is 0 Å². The second-order valence-corrected chi connectivity index (χ2v) is 6.76. The molecular weight excluding hydrogens is 398 g/mol. The fourth-order valence-corrected chi connectivity index (χ4v) is 3.03. The van der Waals surface area contributed by atoms with E-state index in [0.29, 0.717) is 29.6 Å². The lowest BCUT2D eigenvalue weighted by Gasteiger charge is -2.11. The molecule has 158 valence electrons. The zero-order valence-corrected chi connectivity index (χ0v) is 17.3. The van der Waals surface area contributed by atoms with Crippen molar-refractivity contribution >= 4 is 23.4 Å². The highest BCUT2D eigenvalue weighted by molar-refractivity contribution is 6.01. The molecular formula is C22H21N5O4. The maximum atomic E-state index is 12.3. The Hall–Kier alpha value is -4.14. The van der Waals surface area contributed by atoms with Crippen LogP contribution in [0.5, 0.6) is 11.5 Å². The lowest BCUT2D eigenvalue weighted by atomic mass is 10.2. The first-order valence-corrected chi connectivity index (χ1v) is 9.55. The Labute approximate surface area is 178 Å². The number of benzene rings is 1. The van der Waals surface area contributed by atoms with Crippen LogP contribution in [0.4, 0.5) is 5.82 Å². The summed E-state index contributed by atoms with van der Waals surface area (Å²) < 4.78 is 18.0. The Morgan fingerprint density at radius 2 is 2.06 bits per heavy atom. The van der Waals surface area contributed by atoms with Crippen molar-refractivity contribution in [3.8, 4) is 11.5 Å². The third-order valence-corrected chi connectivity index (χ3v) is 4.71. The Morgan fingerprint density at radius 3 is 2.84 bits per heavy atom. The standard InChI is InChI=1S/C22H21N5O4/c1-14-17(15(2)31-26-14)13-30-18-6-4-16(12-19(18)29-3)5-7-22(28)25-21-8-10-23-20-9-11-24-27(20)21/h4-12H,13H2,1-3H3,(H,25,28)/b7-5+. The summed E-state index contributed by atoms with van der Waals surface area (Å²) in [6.07, 6.45) is 6.37. The van der Waals surface area contributed by atoms with Gasteiger partial charge in [-0.25, -0.2) is 4.98 Å². The number of rotatable bonds is 7. The van der Waals surface area contributed by atoms with Crippen molar-refractivity contribution < 1.29 is 18.8 Å². The van der Waals surface area contributed by atoms with Gasteiger partial charge in [0.15, 0.2) is 17.1 Å². The number of nitrogens with one attached hydrogen (secondary N) is 1. The molecule has 0 bridgehead atoms. The molecule has 1 N–H and O–H groups in total. The molecule has 4 aromatic rings. The number of ether oxygens (including phenoxy) is 2. The molecule has 0 aliphatic carbocycles. The highest BCUT2D eigenvalue weighted by Gasteiger charge is 2.12. The van der Waals surface area contributed by atoms with Gasteiger partial charge in [0.25, 0.3) is 0 Å². The van der Waals surface area contributed by atoms with Crippen molar-refractivity contribution in [3.63, 3.8) is 0 Å². The van der Waals surface area contributed by atoms with Gasteiger partial charge in [0, 0.05) is 18.3 Å². The Balaban J connectivity index is 1.44. The smallest absolute Gasteiger partial charge is 0.249 e. The summed E-state index contributed by atoms with van der Waals surface area (Å²) >= 11 is 0. The summed E-state index contributed by atoms with van der Waals surface area (Å²) in [6.45, 7) is 4.04. The van der Waals surface area contributed by atoms with Crippen LogP contribution in [-0.2, 0) is 11.4 Å². The molecule has 0 saturated carbocycles. The van der Waals surface area contributed by atoms with Gasteiger partial charge in [-0.05, 0) is 43.7 Å². The summed E-state index contributed by atoms with van der Waals surface area (Å²) in [4.78, 5) is 16.5. The molecule has 31 heavy (non-hydrogen) atoms. The van der Waals surface area contributed by atoms with Gasteiger partial charge in [-0.15, -0.1) is 0 Å². The number of aryl methyl sites for hydroxylation is 2. The van der Waals surface area contributed by atoms with Crippen LogP contribution < -0.4 is 14.8 Å². The maximum absolute atomic E-state index is 12.3. The van der Waals surface area contributed by atoms with E-state index < -0.39 is 0 Å². The Bertz CT molecular complexity index is 1240. The first kappa shape index (κ1) is 20.1. The molecule has 9 heteroatoms. The van der Waals surface area contributed by atoms with Crippen molar-refractivity contribution in [2.45, 2.75) is 20.5 Å². The van der Waals surface area contributed by atoms with Crippen LogP contribution in [0.3, 0.4) is 0 Å². The average Bonchev–Trinajstić information content (AvgIpc) is 3.38. The van der Waals surface area contributed by atoms with E-state index in [1.165, 1.54) is 6.08 Å². The molecule has 0 radical (unpaired) electrons. The fourth-order valence-electron chi connectivity index (χ4n) is 3.03. The third-order valence-electron chi connectivity index (χ3n) is 4.71. The van der Waals surface area contributed by atoms with E-state index in [-0.39, 0.29) is 5.91 Å². The number of amides is 1. The molecule has 0 atom stereocenters. The monoisotopic (exact) mass is 419 g/mol. The molecule has 1 aromatic carbocycles. The van der Waals surface area contributed by atoms with E-state index in [9.17, 15) is 4.79 Å². The van der Waals surface area contributed by atoms with Gasteiger partial charge in [-0.1, -0.05) is 11.2 Å². The number of hydrogen-bond donors (Lipinski definition) is 1. The normalized spacial score (nSPS) is 11.2. The van der Waals surface area contributed by atoms with Gasteiger partial charge in [0.2, 0.25) is 5.91 Å². The highest BCUT2D eigenvalue weighted by atomic mass is 16.5. The van der Waals surface area contributed by atoms with E-state index >= 15 is 0 Å². The van der Waals surface area contributed by atoms with Crippen LogP contribution in [0, 0.1) is 13.8 Å². The van der Waals surface area contributed by atoms with Gasteiger partial charge in [0.05, 0.1) is 24.6 Å². The number of fused-ring (bicyclic) bond motifs is 1. The van der Waals surface area contributed by atoms with Gasteiger partial charge < -0.3 is 19.3 Å². The average molecular weight is 419 g/mol. The molecule has 3 aromatic heterocycles. The Kier molecular flexibility index (Phi) is 5.65. The zero-order chi connectivity index (χ0) is 21.8. The van der Waals surface area contributed by atoms with Gasteiger partial charge in [-0.3, -0.25) is 4.79 Å². The SMILES string of the molecule is COc1cc(/C=C/C(=O)Nc2ccnc3ccnn23)ccc1OCc1c(C)noc1C. The van der Waals surface area contributed by atoms with Gasteiger partial charge >= 0.3 is 0 Å². The van der Waals surface area contributed by atoms with Gasteiger partial charge in [0.1, 0.15) is 18.2 Å². The number of nitrogens with zero attached hydrogens (tertiary/aromatic N) is 4. The number of methoxy groups -OCH3 is 1. The first-order chi connectivity index (χ1) is 15.0. The van der Waals surface area contributed by atoms with E-state index in [1.807, 2.05) is 19.9 Å².